The minimum Gasteiger partial charge on any atom is -0.490 e. The lowest BCUT2D eigenvalue weighted by atomic mass is 10.1. The van der Waals surface area contributed by atoms with Gasteiger partial charge in [-0.25, -0.2) is 17.1 Å². The van der Waals surface area contributed by atoms with Crippen LogP contribution in [0.2, 0.25) is 0 Å². The summed E-state index contributed by atoms with van der Waals surface area (Å²) in [6, 6.07) is 8.21. The molecular weight excluding hydrogens is 411 g/mol. The minimum atomic E-state index is -4.02. The maximum Gasteiger partial charge on any atom is 0.251 e. The normalized spacial score (nSPS) is 12.5. The van der Waals surface area contributed by atoms with Crippen LogP contribution in [0.1, 0.15) is 42.7 Å². The molecule has 0 aliphatic rings. The second kappa shape index (κ2) is 9.90. The van der Waals surface area contributed by atoms with Gasteiger partial charge in [0.15, 0.2) is 11.5 Å². The van der Waals surface area contributed by atoms with Gasteiger partial charge in [0.1, 0.15) is 10.7 Å². The summed E-state index contributed by atoms with van der Waals surface area (Å²) >= 11 is 0. The van der Waals surface area contributed by atoms with Crippen molar-refractivity contribution in [2.75, 3.05) is 27.3 Å². The first-order valence-electron chi connectivity index (χ1n) is 9.54. The number of carbonyl (C=O) groups is 1. The molecule has 164 valence electrons. The molecule has 0 aromatic heterocycles. The Balaban J connectivity index is 2.27. The van der Waals surface area contributed by atoms with Crippen molar-refractivity contribution in [3.05, 3.63) is 53.3 Å². The lowest BCUT2D eigenvalue weighted by Gasteiger charge is -2.18. The predicted octanol–water partition coefficient (Wildman–Crippen LogP) is 3.36. The Bertz CT molecular complexity index is 1010. The van der Waals surface area contributed by atoms with Gasteiger partial charge < -0.3 is 14.8 Å². The Labute approximate surface area is 176 Å². The van der Waals surface area contributed by atoms with E-state index < -0.39 is 32.7 Å². The molecule has 9 heteroatoms. The van der Waals surface area contributed by atoms with E-state index in [2.05, 4.69) is 5.32 Å². The first-order valence-corrected chi connectivity index (χ1v) is 11.0. The lowest BCUT2D eigenvalue weighted by Crippen LogP contribution is -2.28. The van der Waals surface area contributed by atoms with Gasteiger partial charge in [0.2, 0.25) is 10.0 Å². The van der Waals surface area contributed by atoms with Crippen molar-refractivity contribution in [3.63, 3.8) is 0 Å². The highest BCUT2D eigenvalue weighted by molar-refractivity contribution is 7.89. The van der Waals surface area contributed by atoms with Crippen molar-refractivity contribution in [2.24, 2.45) is 0 Å². The zero-order valence-electron chi connectivity index (χ0n) is 17.7. The van der Waals surface area contributed by atoms with E-state index >= 15 is 0 Å². The first kappa shape index (κ1) is 23.6. The van der Waals surface area contributed by atoms with Crippen molar-refractivity contribution < 1.29 is 27.1 Å². The van der Waals surface area contributed by atoms with Gasteiger partial charge in [-0.2, -0.15) is 0 Å². The largest absolute Gasteiger partial charge is 0.490 e. The Morgan fingerprint density at radius 3 is 2.30 bits per heavy atom. The molecule has 0 aliphatic carbocycles. The standard InChI is InChI=1S/C21H27FN2O5S/c1-6-28-18-11-9-15(12-19(18)29-7-2)14(3)23-21(25)16-8-10-17(22)20(13-16)30(26,27)24(4)5/h8-14H,6-7H2,1-5H3,(H,23,25). The van der Waals surface area contributed by atoms with Crippen LogP contribution >= 0.6 is 0 Å². The third-order valence-corrected chi connectivity index (χ3v) is 6.20. The number of benzene rings is 2. The fourth-order valence-electron chi connectivity index (χ4n) is 2.74. The van der Waals surface area contributed by atoms with Gasteiger partial charge in [0, 0.05) is 19.7 Å². The van der Waals surface area contributed by atoms with E-state index in [1.165, 1.54) is 20.2 Å². The second-order valence-corrected chi connectivity index (χ2v) is 8.82. The number of nitrogens with one attached hydrogen (secondary N) is 1. The second-order valence-electron chi connectivity index (χ2n) is 6.70. The van der Waals surface area contributed by atoms with E-state index in [0.29, 0.717) is 24.7 Å². The van der Waals surface area contributed by atoms with Gasteiger partial charge in [-0.15, -0.1) is 0 Å². The van der Waals surface area contributed by atoms with Crippen LogP contribution < -0.4 is 14.8 Å². The Kier molecular flexibility index (Phi) is 7.80. The van der Waals surface area contributed by atoms with Gasteiger partial charge in [0.05, 0.1) is 19.3 Å². The SMILES string of the molecule is CCOc1ccc(C(C)NC(=O)c2ccc(F)c(S(=O)(=O)N(C)C)c2)cc1OCC. The summed E-state index contributed by atoms with van der Waals surface area (Å²) in [6.45, 7) is 6.48. The molecule has 7 nitrogen and oxygen atoms in total. The van der Waals surface area contributed by atoms with Crippen LogP contribution in [0.25, 0.3) is 0 Å². The van der Waals surface area contributed by atoms with E-state index in [9.17, 15) is 17.6 Å². The molecular formula is C21H27FN2O5S. The molecule has 2 aromatic rings. The number of carbonyl (C=O) groups excluding carboxylic acids is 1. The van der Waals surface area contributed by atoms with Crippen LogP contribution in [0.3, 0.4) is 0 Å². The monoisotopic (exact) mass is 438 g/mol. The zero-order chi connectivity index (χ0) is 22.5. The third-order valence-electron chi connectivity index (χ3n) is 4.37. The topological polar surface area (TPSA) is 84.9 Å². The molecule has 0 radical (unpaired) electrons. The van der Waals surface area contributed by atoms with Crippen molar-refractivity contribution in [3.8, 4) is 11.5 Å². The highest BCUT2D eigenvalue weighted by Gasteiger charge is 2.24. The average molecular weight is 439 g/mol. The molecule has 2 aromatic carbocycles. The van der Waals surface area contributed by atoms with Crippen LogP contribution in [0.15, 0.2) is 41.3 Å². The van der Waals surface area contributed by atoms with E-state index in [-0.39, 0.29) is 5.56 Å². The number of sulfonamides is 1. The molecule has 0 aliphatic heterocycles. The number of nitrogens with zero attached hydrogens (tertiary/aromatic N) is 1. The Morgan fingerprint density at radius 1 is 1.07 bits per heavy atom. The Morgan fingerprint density at radius 2 is 1.70 bits per heavy atom. The summed E-state index contributed by atoms with van der Waals surface area (Å²) in [4.78, 5) is 12.1. The molecule has 1 N–H and O–H groups in total. The van der Waals surface area contributed by atoms with Gasteiger partial charge in [-0.05, 0) is 56.7 Å². The molecule has 0 saturated carbocycles. The van der Waals surface area contributed by atoms with Crippen molar-refractivity contribution in [1.82, 2.24) is 9.62 Å². The average Bonchev–Trinajstić information content (AvgIpc) is 2.69. The van der Waals surface area contributed by atoms with Crippen molar-refractivity contribution in [2.45, 2.75) is 31.7 Å². The highest BCUT2D eigenvalue weighted by Crippen LogP contribution is 2.31. The fourth-order valence-corrected chi connectivity index (χ4v) is 3.72. The lowest BCUT2D eigenvalue weighted by molar-refractivity contribution is 0.0939. The predicted molar refractivity (Wildman–Crippen MR) is 112 cm³/mol. The molecule has 0 spiro atoms. The fraction of sp³-hybridized carbons (Fsp3) is 0.381. The number of hydrogen-bond acceptors (Lipinski definition) is 5. The van der Waals surface area contributed by atoms with E-state index in [4.69, 9.17) is 9.47 Å². The number of amides is 1. The van der Waals surface area contributed by atoms with E-state index in [1.54, 1.807) is 19.1 Å². The van der Waals surface area contributed by atoms with E-state index in [0.717, 1.165) is 22.0 Å². The van der Waals surface area contributed by atoms with Crippen LogP contribution in [0, 0.1) is 5.82 Å². The van der Waals surface area contributed by atoms with E-state index in [1.807, 2.05) is 19.9 Å². The molecule has 0 bridgehead atoms. The smallest absolute Gasteiger partial charge is 0.251 e. The summed E-state index contributed by atoms with van der Waals surface area (Å²) in [7, 11) is -1.42. The first-order chi connectivity index (χ1) is 14.1. The van der Waals surface area contributed by atoms with Gasteiger partial charge >= 0.3 is 0 Å². The summed E-state index contributed by atoms with van der Waals surface area (Å²) in [6.07, 6.45) is 0. The molecule has 1 unspecified atom stereocenters. The molecule has 0 saturated heterocycles. The number of ether oxygens (including phenoxy) is 2. The van der Waals surface area contributed by atoms with Gasteiger partial charge in [-0.1, -0.05) is 6.07 Å². The molecule has 1 atom stereocenters. The third kappa shape index (κ3) is 5.28. The van der Waals surface area contributed by atoms with Crippen LogP contribution in [-0.4, -0.2) is 45.9 Å². The van der Waals surface area contributed by atoms with Crippen LogP contribution in [0.5, 0.6) is 11.5 Å². The maximum atomic E-state index is 14.1. The zero-order valence-corrected chi connectivity index (χ0v) is 18.5. The summed E-state index contributed by atoms with van der Waals surface area (Å²) in [5.74, 6) is -0.261. The number of halogens is 1. The maximum absolute atomic E-state index is 14.1. The quantitative estimate of drug-likeness (QED) is 0.649. The molecule has 0 heterocycles. The number of hydrogen-bond donors (Lipinski definition) is 1. The Hall–Kier alpha value is -2.65. The summed E-state index contributed by atoms with van der Waals surface area (Å²) in [5.41, 5.74) is 0.818. The molecule has 0 fully saturated rings. The number of rotatable bonds is 9. The van der Waals surface area contributed by atoms with Crippen LogP contribution in [0.4, 0.5) is 4.39 Å². The summed E-state index contributed by atoms with van der Waals surface area (Å²) < 4.78 is 50.7. The van der Waals surface area contributed by atoms with Crippen LogP contribution in [-0.2, 0) is 10.0 Å². The van der Waals surface area contributed by atoms with Crippen molar-refractivity contribution in [1.29, 1.82) is 0 Å². The minimum absolute atomic E-state index is 0.0413. The summed E-state index contributed by atoms with van der Waals surface area (Å²) in [5, 5.41) is 2.79. The van der Waals surface area contributed by atoms with Gasteiger partial charge in [0.25, 0.3) is 5.91 Å². The molecule has 2 rings (SSSR count). The van der Waals surface area contributed by atoms with Gasteiger partial charge in [-0.3, -0.25) is 4.79 Å². The van der Waals surface area contributed by atoms with Crippen molar-refractivity contribution >= 4 is 15.9 Å². The molecule has 1 amide bonds. The highest BCUT2D eigenvalue weighted by atomic mass is 32.2. The molecule has 30 heavy (non-hydrogen) atoms.